The third-order valence-corrected chi connectivity index (χ3v) is 5.51. The molecule has 150 valence electrons. The molecule has 0 spiro atoms. The van der Waals surface area contributed by atoms with Crippen LogP contribution in [0.5, 0.6) is 0 Å². The van der Waals surface area contributed by atoms with Gasteiger partial charge in [0.25, 0.3) is 0 Å². The largest absolute Gasteiger partial charge is 0.352 e. The van der Waals surface area contributed by atoms with Crippen LogP contribution >= 0.6 is 0 Å². The molecule has 0 radical (unpaired) electrons. The Morgan fingerprint density at radius 3 is 2.82 bits per heavy atom. The van der Waals surface area contributed by atoms with E-state index in [1.807, 2.05) is 36.7 Å². The van der Waals surface area contributed by atoms with Gasteiger partial charge in [0.15, 0.2) is 0 Å². The van der Waals surface area contributed by atoms with Crippen molar-refractivity contribution in [3.8, 4) is 0 Å². The molecule has 0 aromatic carbocycles. The molecule has 0 bridgehead atoms. The molecule has 2 aromatic rings. The fraction of sp³-hybridized carbons (Fsp3) is 0.524. The molecule has 1 fully saturated rings. The van der Waals surface area contributed by atoms with Gasteiger partial charge in [-0.05, 0) is 39.3 Å². The molecule has 1 aliphatic rings. The average molecular weight is 383 g/mol. The maximum Gasteiger partial charge on any atom is 0.225 e. The normalized spacial score (nSPS) is 17.0. The van der Waals surface area contributed by atoms with E-state index in [0.29, 0.717) is 38.9 Å². The molecule has 0 saturated carbocycles. The van der Waals surface area contributed by atoms with Gasteiger partial charge >= 0.3 is 0 Å². The number of pyridine rings is 1. The Balaban J connectivity index is 1.55. The number of rotatable bonds is 7. The SMILES string of the molecule is CCn1nc(C)c(CNC(=O)[C@H]2CCC(=O)N(CCc3ccccn3)C2)c1C. The first-order valence-electron chi connectivity index (χ1n) is 9.97. The van der Waals surface area contributed by atoms with Crippen molar-refractivity contribution in [3.05, 3.63) is 47.0 Å². The lowest BCUT2D eigenvalue weighted by Crippen LogP contribution is -2.46. The Labute approximate surface area is 166 Å². The first kappa shape index (κ1) is 20.0. The maximum absolute atomic E-state index is 12.7. The standard InChI is InChI=1S/C21H29N5O2/c1-4-26-16(3)19(15(2)24-26)13-23-21(28)17-8-9-20(27)25(14-17)12-10-18-7-5-6-11-22-18/h5-7,11,17H,4,8-10,12-14H2,1-3H3,(H,23,28)/t17-/m0/s1. The first-order chi connectivity index (χ1) is 13.5. The van der Waals surface area contributed by atoms with Crippen LogP contribution in [0.4, 0.5) is 0 Å². The van der Waals surface area contributed by atoms with Crippen LogP contribution in [0.25, 0.3) is 0 Å². The second-order valence-electron chi connectivity index (χ2n) is 7.33. The fourth-order valence-electron chi connectivity index (χ4n) is 3.76. The highest BCUT2D eigenvalue weighted by molar-refractivity contribution is 5.83. The van der Waals surface area contributed by atoms with Crippen LogP contribution in [0.3, 0.4) is 0 Å². The van der Waals surface area contributed by atoms with E-state index in [-0.39, 0.29) is 17.7 Å². The molecule has 7 nitrogen and oxygen atoms in total. The fourth-order valence-corrected chi connectivity index (χ4v) is 3.76. The topological polar surface area (TPSA) is 80.1 Å². The lowest BCUT2D eigenvalue weighted by atomic mass is 9.96. The lowest BCUT2D eigenvalue weighted by molar-refractivity contribution is -0.138. The van der Waals surface area contributed by atoms with Gasteiger partial charge in [0.2, 0.25) is 11.8 Å². The molecule has 3 heterocycles. The molecule has 1 atom stereocenters. The van der Waals surface area contributed by atoms with Gasteiger partial charge < -0.3 is 10.2 Å². The Kier molecular flexibility index (Phi) is 6.44. The van der Waals surface area contributed by atoms with Crippen molar-refractivity contribution in [2.75, 3.05) is 13.1 Å². The zero-order valence-corrected chi connectivity index (χ0v) is 16.9. The smallest absolute Gasteiger partial charge is 0.225 e. The number of hydrogen-bond acceptors (Lipinski definition) is 4. The number of piperidine rings is 1. The molecule has 2 aromatic heterocycles. The third kappa shape index (κ3) is 4.58. The molecule has 7 heteroatoms. The summed E-state index contributed by atoms with van der Waals surface area (Å²) in [5.41, 5.74) is 4.08. The van der Waals surface area contributed by atoms with Crippen LogP contribution in [0.1, 0.15) is 42.4 Å². The molecule has 0 aliphatic carbocycles. The van der Waals surface area contributed by atoms with Gasteiger partial charge in [-0.1, -0.05) is 6.07 Å². The minimum atomic E-state index is -0.164. The molecular formula is C21H29N5O2. The summed E-state index contributed by atoms with van der Waals surface area (Å²) >= 11 is 0. The average Bonchev–Trinajstić information content (AvgIpc) is 2.99. The van der Waals surface area contributed by atoms with E-state index in [4.69, 9.17) is 0 Å². The zero-order valence-electron chi connectivity index (χ0n) is 16.9. The van der Waals surface area contributed by atoms with Gasteiger partial charge in [0.05, 0.1) is 11.6 Å². The van der Waals surface area contributed by atoms with Crippen molar-refractivity contribution < 1.29 is 9.59 Å². The second-order valence-corrected chi connectivity index (χ2v) is 7.33. The predicted molar refractivity (Wildman–Crippen MR) is 106 cm³/mol. The minimum absolute atomic E-state index is 0.0124. The Bertz CT molecular complexity index is 831. The van der Waals surface area contributed by atoms with E-state index in [0.717, 1.165) is 29.2 Å². The summed E-state index contributed by atoms with van der Waals surface area (Å²) < 4.78 is 1.95. The summed E-state index contributed by atoms with van der Waals surface area (Å²) in [6.45, 7) is 8.43. The molecule has 0 unspecified atom stereocenters. The summed E-state index contributed by atoms with van der Waals surface area (Å²) in [5.74, 6) is -0.0301. The van der Waals surface area contributed by atoms with Crippen molar-refractivity contribution in [3.63, 3.8) is 0 Å². The molecule has 28 heavy (non-hydrogen) atoms. The molecule has 1 aliphatic heterocycles. The van der Waals surface area contributed by atoms with E-state index in [1.54, 1.807) is 11.1 Å². The summed E-state index contributed by atoms with van der Waals surface area (Å²) in [6, 6.07) is 5.78. The Morgan fingerprint density at radius 2 is 2.14 bits per heavy atom. The van der Waals surface area contributed by atoms with E-state index >= 15 is 0 Å². The van der Waals surface area contributed by atoms with E-state index in [2.05, 4.69) is 22.3 Å². The van der Waals surface area contributed by atoms with Crippen LogP contribution < -0.4 is 5.32 Å². The minimum Gasteiger partial charge on any atom is -0.352 e. The molecule has 1 saturated heterocycles. The lowest BCUT2D eigenvalue weighted by Gasteiger charge is -2.32. The number of hydrogen-bond donors (Lipinski definition) is 1. The Hall–Kier alpha value is -2.70. The highest BCUT2D eigenvalue weighted by atomic mass is 16.2. The quantitative estimate of drug-likeness (QED) is 0.793. The van der Waals surface area contributed by atoms with Gasteiger partial charge in [-0.2, -0.15) is 5.10 Å². The number of nitrogens with one attached hydrogen (secondary N) is 1. The maximum atomic E-state index is 12.7. The van der Waals surface area contributed by atoms with E-state index < -0.39 is 0 Å². The van der Waals surface area contributed by atoms with Crippen LogP contribution in [0, 0.1) is 19.8 Å². The zero-order chi connectivity index (χ0) is 20.1. The van der Waals surface area contributed by atoms with E-state index in [9.17, 15) is 9.59 Å². The summed E-state index contributed by atoms with van der Waals surface area (Å²) in [6.07, 6.45) is 3.49. The first-order valence-corrected chi connectivity index (χ1v) is 9.97. The van der Waals surface area contributed by atoms with Crippen LogP contribution in [-0.4, -0.2) is 44.6 Å². The third-order valence-electron chi connectivity index (χ3n) is 5.51. The molecular weight excluding hydrogens is 354 g/mol. The van der Waals surface area contributed by atoms with Gasteiger partial charge in [-0.25, -0.2) is 0 Å². The van der Waals surface area contributed by atoms with Crippen molar-refractivity contribution in [1.82, 2.24) is 25.0 Å². The highest BCUT2D eigenvalue weighted by Gasteiger charge is 2.30. The summed E-state index contributed by atoms with van der Waals surface area (Å²) in [5, 5.41) is 7.56. The molecule has 1 N–H and O–H groups in total. The van der Waals surface area contributed by atoms with Crippen LogP contribution in [0.2, 0.25) is 0 Å². The monoisotopic (exact) mass is 383 g/mol. The second kappa shape index (κ2) is 8.99. The van der Waals surface area contributed by atoms with Gasteiger partial charge in [0, 0.05) is 62.2 Å². The number of amides is 2. The van der Waals surface area contributed by atoms with Crippen molar-refractivity contribution >= 4 is 11.8 Å². The van der Waals surface area contributed by atoms with Gasteiger partial charge in [-0.15, -0.1) is 0 Å². The number of carbonyl (C=O) groups excluding carboxylic acids is 2. The van der Waals surface area contributed by atoms with Crippen molar-refractivity contribution in [1.29, 1.82) is 0 Å². The number of nitrogens with zero attached hydrogens (tertiary/aromatic N) is 4. The van der Waals surface area contributed by atoms with E-state index in [1.165, 1.54) is 0 Å². The summed E-state index contributed by atoms with van der Waals surface area (Å²) in [4.78, 5) is 31.1. The number of likely N-dealkylation sites (tertiary alicyclic amines) is 1. The van der Waals surface area contributed by atoms with Crippen molar-refractivity contribution in [2.24, 2.45) is 5.92 Å². The highest BCUT2D eigenvalue weighted by Crippen LogP contribution is 2.19. The molecule has 2 amide bonds. The number of aromatic nitrogens is 3. The number of carbonyl (C=O) groups is 2. The predicted octanol–water partition coefficient (Wildman–Crippen LogP) is 2.01. The van der Waals surface area contributed by atoms with Gasteiger partial charge in [-0.3, -0.25) is 19.3 Å². The van der Waals surface area contributed by atoms with Gasteiger partial charge in [0.1, 0.15) is 0 Å². The summed E-state index contributed by atoms with van der Waals surface area (Å²) in [7, 11) is 0. The number of aryl methyl sites for hydroxylation is 2. The van der Waals surface area contributed by atoms with Crippen molar-refractivity contribution in [2.45, 2.75) is 53.1 Å². The van der Waals surface area contributed by atoms with Crippen LogP contribution in [0.15, 0.2) is 24.4 Å². The molecule has 3 rings (SSSR count). The van der Waals surface area contributed by atoms with Crippen LogP contribution in [-0.2, 0) is 29.1 Å². The Morgan fingerprint density at radius 1 is 1.32 bits per heavy atom.